The average molecular weight is 355 g/mol. The van der Waals surface area contributed by atoms with Crippen LogP contribution in [0.3, 0.4) is 0 Å². The summed E-state index contributed by atoms with van der Waals surface area (Å²) in [6.07, 6.45) is 2.76. The van der Waals surface area contributed by atoms with Gasteiger partial charge in [-0.1, -0.05) is 12.1 Å². The molecule has 4 nitrogen and oxygen atoms in total. The fourth-order valence-corrected chi connectivity index (χ4v) is 3.48. The Bertz CT molecular complexity index is 817. The van der Waals surface area contributed by atoms with Crippen LogP contribution in [0.2, 0.25) is 0 Å². The van der Waals surface area contributed by atoms with E-state index in [0.29, 0.717) is 28.8 Å². The summed E-state index contributed by atoms with van der Waals surface area (Å²) in [7, 11) is 0. The molecule has 1 amide bonds. The van der Waals surface area contributed by atoms with E-state index in [4.69, 9.17) is 0 Å². The van der Waals surface area contributed by atoms with Gasteiger partial charge in [0, 0.05) is 17.7 Å². The highest BCUT2D eigenvalue weighted by Gasteiger charge is 2.26. The van der Waals surface area contributed by atoms with Gasteiger partial charge >= 0.3 is 0 Å². The largest absolute Gasteiger partial charge is 0.394 e. The number of ketones is 1. The summed E-state index contributed by atoms with van der Waals surface area (Å²) >= 11 is 0. The minimum atomic E-state index is -0.413. The fraction of sp³-hybridized carbons (Fsp3) is 0.333. The number of halogens is 1. The second kappa shape index (κ2) is 7.79. The van der Waals surface area contributed by atoms with Crippen LogP contribution in [0.15, 0.2) is 42.5 Å². The number of aliphatic hydroxyl groups excluding tert-OH is 1. The molecule has 5 heteroatoms. The van der Waals surface area contributed by atoms with Gasteiger partial charge in [-0.2, -0.15) is 0 Å². The number of rotatable bonds is 4. The van der Waals surface area contributed by atoms with Crippen molar-refractivity contribution >= 4 is 11.7 Å². The van der Waals surface area contributed by atoms with E-state index in [2.05, 4.69) is 0 Å². The lowest BCUT2D eigenvalue weighted by Gasteiger charge is -2.34. The van der Waals surface area contributed by atoms with E-state index in [0.717, 1.165) is 19.3 Å². The highest BCUT2D eigenvalue weighted by Crippen LogP contribution is 2.27. The molecular weight excluding hydrogens is 333 g/mol. The van der Waals surface area contributed by atoms with Crippen LogP contribution in [0.25, 0.3) is 11.1 Å². The smallest absolute Gasteiger partial charge is 0.254 e. The van der Waals surface area contributed by atoms with E-state index in [1.54, 1.807) is 29.2 Å². The highest BCUT2D eigenvalue weighted by molar-refractivity contribution is 6.01. The molecule has 0 radical (unpaired) electrons. The lowest BCUT2D eigenvalue weighted by atomic mass is 9.96. The molecule has 0 aromatic heterocycles. The first-order valence-electron chi connectivity index (χ1n) is 8.84. The standard InChI is InChI=1S/C21H22FNO3/c1-14(25)19-10-9-17(22)12-20(19)15-5-7-16(8-6-15)21(26)23-11-3-2-4-18(23)13-24/h5-10,12,18,24H,2-4,11,13H2,1H3/t18-/m0/s1. The van der Waals surface area contributed by atoms with Gasteiger partial charge in [0.1, 0.15) is 5.82 Å². The number of likely N-dealkylation sites (tertiary alicyclic amines) is 1. The number of nitrogens with zero attached hydrogens (tertiary/aromatic N) is 1. The summed E-state index contributed by atoms with van der Waals surface area (Å²) in [5, 5.41) is 9.50. The van der Waals surface area contributed by atoms with Gasteiger partial charge in [-0.3, -0.25) is 9.59 Å². The molecule has 3 rings (SSSR count). The predicted molar refractivity (Wildman–Crippen MR) is 97.6 cm³/mol. The van der Waals surface area contributed by atoms with Crippen LogP contribution in [0.1, 0.15) is 46.9 Å². The summed E-state index contributed by atoms with van der Waals surface area (Å²) in [6, 6.07) is 10.8. The second-order valence-corrected chi connectivity index (χ2v) is 6.65. The van der Waals surface area contributed by atoms with E-state index in [1.165, 1.54) is 25.1 Å². The first-order chi connectivity index (χ1) is 12.5. The third-order valence-corrected chi connectivity index (χ3v) is 4.90. The van der Waals surface area contributed by atoms with Crippen molar-refractivity contribution in [1.29, 1.82) is 0 Å². The Hall–Kier alpha value is -2.53. The molecule has 2 aromatic carbocycles. The maximum absolute atomic E-state index is 13.6. The summed E-state index contributed by atoms with van der Waals surface area (Å²) < 4.78 is 13.6. The normalized spacial score (nSPS) is 17.2. The van der Waals surface area contributed by atoms with Crippen LogP contribution in [0.5, 0.6) is 0 Å². The van der Waals surface area contributed by atoms with Crippen molar-refractivity contribution in [2.45, 2.75) is 32.2 Å². The van der Waals surface area contributed by atoms with Crippen LogP contribution in [0, 0.1) is 5.82 Å². The maximum Gasteiger partial charge on any atom is 0.254 e. The Morgan fingerprint density at radius 2 is 1.88 bits per heavy atom. The number of benzene rings is 2. The average Bonchev–Trinajstić information content (AvgIpc) is 2.67. The Labute approximate surface area is 152 Å². The number of piperidine rings is 1. The molecule has 1 aliphatic rings. The predicted octanol–water partition coefficient (Wildman–Crippen LogP) is 3.68. The minimum absolute atomic E-state index is 0.0327. The Morgan fingerprint density at radius 3 is 2.54 bits per heavy atom. The van der Waals surface area contributed by atoms with Crippen LogP contribution in [0.4, 0.5) is 4.39 Å². The SMILES string of the molecule is CC(=O)c1ccc(F)cc1-c1ccc(C(=O)N2CCCC[C@H]2CO)cc1. The quantitative estimate of drug-likeness (QED) is 0.851. The van der Waals surface area contributed by atoms with Crippen molar-refractivity contribution in [1.82, 2.24) is 4.90 Å². The number of carbonyl (C=O) groups excluding carboxylic acids is 2. The van der Waals surface area contributed by atoms with Gasteiger partial charge in [-0.25, -0.2) is 4.39 Å². The van der Waals surface area contributed by atoms with E-state index < -0.39 is 5.82 Å². The minimum Gasteiger partial charge on any atom is -0.394 e. The molecule has 136 valence electrons. The number of amides is 1. The van der Waals surface area contributed by atoms with Crippen molar-refractivity contribution < 1.29 is 19.1 Å². The van der Waals surface area contributed by atoms with Gasteiger partial charge in [0.15, 0.2) is 5.78 Å². The van der Waals surface area contributed by atoms with Crippen molar-refractivity contribution in [2.24, 2.45) is 0 Å². The number of hydrogen-bond donors (Lipinski definition) is 1. The monoisotopic (exact) mass is 355 g/mol. The summed E-state index contributed by atoms with van der Waals surface area (Å²) in [4.78, 5) is 26.3. The third-order valence-electron chi connectivity index (χ3n) is 4.90. The van der Waals surface area contributed by atoms with E-state index >= 15 is 0 Å². The molecule has 0 aliphatic carbocycles. The Kier molecular flexibility index (Phi) is 5.47. The summed E-state index contributed by atoms with van der Waals surface area (Å²) in [5.74, 6) is -0.662. The molecule has 26 heavy (non-hydrogen) atoms. The van der Waals surface area contributed by atoms with Gasteiger partial charge < -0.3 is 10.0 Å². The lowest BCUT2D eigenvalue weighted by Crippen LogP contribution is -2.45. The van der Waals surface area contributed by atoms with E-state index in [-0.39, 0.29) is 24.3 Å². The van der Waals surface area contributed by atoms with Crippen molar-refractivity contribution in [3.05, 3.63) is 59.4 Å². The van der Waals surface area contributed by atoms with Crippen LogP contribution in [-0.2, 0) is 0 Å². The zero-order chi connectivity index (χ0) is 18.7. The zero-order valence-electron chi connectivity index (χ0n) is 14.7. The van der Waals surface area contributed by atoms with E-state index in [9.17, 15) is 19.1 Å². The first kappa shape index (κ1) is 18.3. The van der Waals surface area contributed by atoms with Gasteiger partial charge in [-0.05, 0) is 67.6 Å². The lowest BCUT2D eigenvalue weighted by molar-refractivity contribution is 0.0503. The molecule has 0 bridgehead atoms. The number of aliphatic hydroxyl groups is 1. The van der Waals surface area contributed by atoms with Gasteiger partial charge in [0.05, 0.1) is 12.6 Å². The van der Waals surface area contributed by atoms with Crippen molar-refractivity contribution in [3.63, 3.8) is 0 Å². The molecule has 1 saturated heterocycles. The molecule has 1 fully saturated rings. The molecule has 1 N–H and O–H groups in total. The van der Waals surface area contributed by atoms with Crippen LogP contribution < -0.4 is 0 Å². The van der Waals surface area contributed by atoms with Crippen molar-refractivity contribution in [3.8, 4) is 11.1 Å². The molecule has 0 saturated carbocycles. The van der Waals surface area contributed by atoms with Crippen molar-refractivity contribution in [2.75, 3.05) is 13.2 Å². The molecule has 1 atom stereocenters. The second-order valence-electron chi connectivity index (χ2n) is 6.65. The number of Topliss-reactive ketones (excluding diaryl/α,β-unsaturated/α-hetero) is 1. The zero-order valence-corrected chi connectivity index (χ0v) is 14.7. The van der Waals surface area contributed by atoms with E-state index in [1.807, 2.05) is 0 Å². The van der Waals surface area contributed by atoms with Gasteiger partial charge in [0.2, 0.25) is 0 Å². The number of hydrogen-bond acceptors (Lipinski definition) is 3. The fourth-order valence-electron chi connectivity index (χ4n) is 3.48. The molecule has 2 aromatic rings. The van der Waals surface area contributed by atoms with Gasteiger partial charge in [0.25, 0.3) is 5.91 Å². The molecule has 1 heterocycles. The van der Waals surface area contributed by atoms with Crippen LogP contribution >= 0.6 is 0 Å². The third kappa shape index (κ3) is 3.68. The molecular formula is C21H22FNO3. The van der Waals surface area contributed by atoms with Crippen LogP contribution in [-0.4, -0.2) is 40.9 Å². The highest BCUT2D eigenvalue weighted by atomic mass is 19.1. The first-order valence-corrected chi connectivity index (χ1v) is 8.84. The molecule has 1 aliphatic heterocycles. The van der Waals surface area contributed by atoms with Gasteiger partial charge in [-0.15, -0.1) is 0 Å². The Balaban J connectivity index is 1.88. The summed E-state index contributed by atoms with van der Waals surface area (Å²) in [5.41, 5.74) is 2.17. The molecule has 0 spiro atoms. The Morgan fingerprint density at radius 1 is 1.15 bits per heavy atom. The number of carbonyl (C=O) groups is 2. The molecule has 0 unspecified atom stereocenters. The summed E-state index contributed by atoms with van der Waals surface area (Å²) in [6.45, 7) is 2.05. The topological polar surface area (TPSA) is 57.6 Å². The maximum atomic E-state index is 13.6.